The first-order valence-electron chi connectivity index (χ1n) is 7.14. The topological polar surface area (TPSA) is 30.5 Å². The molecule has 3 heteroatoms. The fraction of sp³-hybridized carbons (Fsp3) is 0.625. The highest BCUT2D eigenvalue weighted by Crippen LogP contribution is 2.31. The van der Waals surface area contributed by atoms with Gasteiger partial charge in [0.25, 0.3) is 0 Å². The van der Waals surface area contributed by atoms with Gasteiger partial charge in [0, 0.05) is 5.56 Å². The van der Waals surface area contributed by atoms with Crippen molar-refractivity contribution in [1.29, 1.82) is 0 Å². The Morgan fingerprint density at radius 3 is 2.32 bits per heavy atom. The number of nitrogens with one attached hydrogen (secondary N) is 1. The van der Waals surface area contributed by atoms with Gasteiger partial charge in [-0.05, 0) is 31.9 Å². The summed E-state index contributed by atoms with van der Waals surface area (Å²) in [6.07, 6.45) is 1.16. The maximum Gasteiger partial charge on any atom is 0.192 e. The molecule has 0 spiro atoms. The molecular weight excluding hydrogens is 238 g/mol. The van der Waals surface area contributed by atoms with E-state index in [1.165, 1.54) is 5.56 Å². The van der Waals surface area contributed by atoms with Gasteiger partial charge < -0.3 is 14.8 Å². The minimum Gasteiger partial charge on any atom is -0.344 e. The monoisotopic (exact) mass is 263 g/mol. The Hall–Kier alpha value is -0.900. The first-order valence-corrected chi connectivity index (χ1v) is 7.14. The Balaban J connectivity index is 2.09. The molecule has 1 aromatic carbocycles. The Morgan fingerprint density at radius 1 is 1.26 bits per heavy atom. The lowest BCUT2D eigenvalue weighted by Crippen LogP contribution is -2.47. The van der Waals surface area contributed by atoms with E-state index in [1.807, 2.05) is 14.0 Å². The Morgan fingerprint density at radius 2 is 1.84 bits per heavy atom. The highest BCUT2D eigenvalue weighted by Gasteiger charge is 2.34. The van der Waals surface area contributed by atoms with Crippen LogP contribution >= 0.6 is 0 Å². The zero-order chi connectivity index (χ0) is 13.9. The second-order valence-corrected chi connectivity index (χ2v) is 5.48. The fourth-order valence-corrected chi connectivity index (χ4v) is 2.29. The summed E-state index contributed by atoms with van der Waals surface area (Å²) in [6.45, 7) is 7.82. The third-order valence-corrected chi connectivity index (χ3v) is 4.14. The van der Waals surface area contributed by atoms with Crippen LogP contribution in [0.5, 0.6) is 0 Å². The van der Waals surface area contributed by atoms with Gasteiger partial charge in [-0.3, -0.25) is 0 Å². The molecule has 0 radical (unpaired) electrons. The summed E-state index contributed by atoms with van der Waals surface area (Å²) in [4.78, 5) is 0. The zero-order valence-electron chi connectivity index (χ0n) is 12.4. The molecule has 1 heterocycles. The van der Waals surface area contributed by atoms with Crippen molar-refractivity contribution in [3.05, 3.63) is 35.4 Å². The maximum atomic E-state index is 5.90. The predicted molar refractivity (Wildman–Crippen MR) is 77.3 cm³/mol. The Labute approximate surface area is 116 Å². The molecule has 1 atom stereocenters. The zero-order valence-corrected chi connectivity index (χ0v) is 12.4. The van der Waals surface area contributed by atoms with E-state index in [1.54, 1.807) is 0 Å². The summed E-state index contributed by atoms with van der Waals surface area (Å²) in [7, 11) is 1.93. The van der Waals surface area contributed by atoms with Gasteiger partial charge in [-0.25, -0.2) is 0 Å². The van der Waals surface area contributed by atoms with E-state index in [0.29, 0.717) is 19.1 Å². The molecule has 0 saturated carbocycles. The van der Waals surface area contributed by atoms with Crippen molar-refractivity contribution in [3.63, 3.8) is 0 Å². The molecule has 0 amide bonds. The molecule has 1 fully saturated rings. The lowest BCUT2D eigenvalue weighted by molar-refractivity contribution is -0.272. The average molecular weight is 263 g/mol. The van der Waals surface area contributed by atoms with Crippen molar-refractivity contribution >= 4 is 0 Å². The summed E-state index contributed by atoms with van der Waals surface area (Å²) < 4.78 is 11.8. The van der Waals surface area contributed by atoms with Crippen LogP contribution in [0.3, 0.4) is 0 Å². The largest absolute Gasteiger partial charge is 0.344 e. The molecule has 0 aromatic heterocycles. The molecule has 106 valence electrons. The van der Waals surface area contributed by atoms with Crippen molar-refractivity contribution < 1.29 is 9.47 Å². The van der Waals surface area contributed by atoms with Gasteiger partial charge in [-0.1, -0.05) is 38.1 Å². The third-order valence-electron chi connectivity index (χ3n) is 4.14. The molecule has 3 nitrogen and oxygen atoms in total. The molecule has 1 aromatic rings. The number of ether oxygens (including phenoxy) is 2. The first kappa shape index (κ1) is 14.5. The second kappa shape index (κ2) is 6.04. The lowest BCUT2D eigenvalue weighted by atomic mass is 9.96. The van der Waals surface area contributed by atoms with Crippen LogP contribution in [0.15, 0.2) is 24.3 Å². The fourth-order valence-electron chi connectivity index (χ4n) is 2.29. The van der Waals surface area contributed by atoms with E-state index in [4.69, 9.17) is 9.47 Å². The SMILES string of the molecule is CCC(C)c1ccc(C2(C)OCC(NC)CO2)cc1. The van der Waals surface area contributed by atoms with Crippen molar-refractivity contribution in [2.24, 2.45) is 0 Å². The molecule has 19 heavy (non-hydrogen) atoms. The van der Waals surface area contributed by atoms with Gasteiger partial charge in [0.1, 0.15) is 0 Å². The van der Waals surface area contributed by atoms with Gasteiger partial charge in [0.2, 0.25) is 0 Å². The van der Waals surface area contributed by atoms with E-state index < -0.39 is 5.79 Å². The second-order valence-electron chi connectivity index (χ2n) is 5.48. The highest BCUT2D eigenvalue weighted by molar-refractivity contribution is 5.27. The first-order chi connectivity index (χ1) is 9.09. The van der Waals surface area contributed by atoms with Crippen molar-refractivity contribution in [2.45, 2.75) is 44.9 Å². The molecular formula is C16H25NO2. The van der Waals surface area contributed by atoms with E-state index in [9.17, 15) is 0 Å². The summed E-state index contributed by atoms with van der Waals surface area (Å²) in [5, 5.41) is 3.17. The third kappa shape index (κ3) is 3.16. The smallest absolute Gasteiger partial charge is 0.192 e. The van der Waals surface area contributed by atoms with Crippen LogP contribution in [0.2, 0.25) is 0 Å². The van der Waals surface area contributed by atoms with Crippen LogP contribution < -0.4 is 5.32 Å². The van der Waals surface area contributed by atoms with Gasteiger partial charge in [0.15, 0.2) is 5.79 Å². The van der Waals surface area contributed by atoms with Gasteiger partial charge >= 0.3 is 0 Å². The van der Waals surface area contributed by atoms with Crippen LogP contribution in [0.1, 0.15) is 44.2 Å². The van der Waals surface area contributed by atoms with Crippen LogP contribution in [-0.2, 0) is 15.3 Å². The van der Waals surface area contributed by atoms with Crippen molar-refractivity contribution in [3.8, 4) is 0 Å². The minimum atomic E-state index is -0.610. The summed E-state index contributed by atoms with van der Waals surface area (Å²) in [5.74, 6) is -0.00912. The minimum absolute atomic E-state index is 0.285. The van der Waals surface area contributed by atoms with Gasteiger partial charge in [0.05, 0.1) is 19.3 Å². The normalized spacial score (nSPS) is 29.2. The molecule has 2 rings (SSSR count). The summed E-state index contributed by atoms with van der Waals surface area (Å²) in [6, 6.07) is 8.91. The maximum absolute atomic E-state index is 5.90. The number of hydrogen-bond donors (Lipinski definition) is 1. The number of rotatable bonds is 4. The quantitative estimate of drug-likeness (QED) is 0.906. The standard InChI is InChI=1S/C16H25NO2/c1-5-12(2)13-6-8-14(9-7-13)16(3)18-10-15(17-4)11-19-16/h6-9,12,15,17H,5,10-11H2,1-4H3. The molecule has 1 aliphatic rings. The summed E-state index contributed by atoms with van der Waals surface area (Å²) >= 11 is 0. The van der Waals surface area contributed by atoms with E-state index in [0.717, 1.165) is 12.0 Å². The Bertz CT molecular complexity index is 394. The molecule has 1 unspecified atom stereocenters. The van der Waals surface area contributed by atoms with Crippen LogP contribution in [0.4, 0.5) is 0 Å². The number of hydrogen-bond acceptors (Lipinski definition) is 3. The van der Waals surface area contributed by atoms with E-state index >= 15 is 0 Å². The Kier molecular flexibility index (Phi) is 4.61. The van der Waals surface area contributed by atoms with Crippen LogP contribution in [0, 0.1) is 0 Å². The highest BCUT2D eigenvalue weighted by atomic mass is 16.7. The molecule has 0 bridgehead atoms. The predicted octanol–water partition coefficient (Wildman–Crippen LogP) is 3.01. The van der Waals surface area contributed by atoms with E-state index in [2.05, 4.69) is 43.4 Å². The molecule has 1 aliphatic heterocycles. The average Bonchev–Trinajstić information content (AvgIpc) is 2.47. The van der Waals surface area contributed by atoms with Crippen molar-refractivity contribution in [2.75, 3.05) is 20.3 Å². The number of likely N-dealkylation sites (N-methyl/N-ethyl adjacent to an activating group) is 1. The molecule has 1 N–H and O–H groups in total. The van der Waals surface area contributed by atoms with Crippen LogP contribution in [-0.4, -0.2) is 26.3 Å². The van der Waals surface area contributed by atoms with Gasteiger partial charge in [-0.15, -0.1) is 0 Å². The lowest BCUT2D eigenvalue weighted by Gasteiger charge is -2.38. The molecule has 1 saturated heterocycles. The van der Waals surface area contributed by atoms with Crippen molar-refractivity contribution in [1.82, 2.24) is 5.32 Å². The van der Waals surface area contributed by atoms with Crippen LogP contribution in [0.25, 0.3) is 0 Å². The molecule has 0 aliphatic carbocycles. The van der Waals surface area contributed by atoms with Gasteiger partial charge in [-0.2, -0.15) is 0 Å². The van der Waals surface area contributed by atoms with E-state index in [-0.39, 0.29) is 6.04 Å². The number of benzene rings is 1. The summed E-state index contributed by atoms with van der Waals surface area (Å²) in [5.41, 5.74) is 2.47.